The molecule has 1 aromatic heterocycles. The molecule has 4 rings (SSSR count). The Kier molecular flexibility index (Phi) is 6.49. The minimum absolute atomic E-state index is 0.00389. The fraction of sp³-hybridized carbons (Fsp3) is 0.520. The van der Waals surface area contributed by atoms with Crippen molar-refractivity contribution in [2.75, 3.05) is 32.7 Å². The fourth-order valence-electron chi connectivity index (χ4n) is 4.91. The number of nitrogens with zero attached hydrogens (tertiary/aromatic N) is 3. The van der Waals surface area contributed by atoms with E-state index in [0.29, 0.717) is 26.2 Å². The van der Waals surface area contributed by atoms with Crippen molar-refractivity contribution in [3.63, 3.8) is 0 Å². The van der Waals surface area contributed by atoms with Gasteiger partial charge in [0.1, 0.15) is 0 Å². The molecule has 2 atom stereocenters. The molecule has 1 aromatic carbocycles. The number of hydrogen-bond acceptors (Lipinski definition) is 4. The van der Waals surface area contributed by atoms with Crippen molar-refractivity contribution in [3.05, 3.63) is 57.3 Å². The molecular weight excluding hydrogens is 406 g/mol. The number of thiophene rings is 1. The van der Waals surface area contributed by atoms with Crippen LogP contribution >= 0.6 is 11.3 Å². The first kappa shape index (κ1) is 22.0. The molecule has 5 nitrogen and oxygen atoms in total. The van der Waals surface area contributed by atoms with E-state index in [4.69, 9.17) is 0 Å². The van der Waals surface area contributed by atoms with Crippen molar-refractivity contribution in [1.29, 1.82) is 0 Å². The second-order valence-corrected chi connectivity index (χ2v) is 10.0. The molecule has 166 valence electrons. The maximum atomic E-state index is 13.5. The SMILES string of the molecule is Cc1ccccc1[C@@H]1c2ccsc2CCN1[C@@H](C)C(=O)N1CCN(C(=O)C(C)C)CC1. The molecule has 31 heavy (non-hydrogen) atoms. The Bertz CT molecular complexity index is 946. The van der Waals surface area contributed by atoms with Gasteiger partial charge in [0, 0.05) is 43.5 Å². The molecule has 3 heterocycles. The van der Waals surface area contributed by atoms with Gasteiger partial charge in [0.25, 0.3) is 0 Å². The lowest BCUT2D eigenvalue weighted by Gasteiger charge is -2.43. The van der Waals surface area contributed by atoms with E-state index in [1.54, 1.807) is 0 Å². The van der Waals surface area contributed by atoms with Crippen molar-refractivity contribution < 1.29 is 9.59 Å². The molecule has 1 saturated heterocycles. The number of carbonyl (C=O) groups is 2. The molecule has 0 radical (unpaired) electrons. The topological polar surface area (TPSA) is 43.9 Å². The summed E-state index contributed by atoms with van der Waals surface area (Å²) < 4.78 is 0. The summed E-state index contributed by atoms with van der Waals surface area (Å²) in [6.07, 6.45) is 0.990. The molecule has 0 bridgehead atoms. The quantitative estimate of drug-likeness (QED) is 0.729. The Hall–Kier alpha value is -2.18. The molecule has 2 amide bonds. The van der Waals surface area contributed by atoms with Crippen LogP contribution in [0, 0.1) is 12.8 Å². The van der Waals surface area contributed by atoms with Crippen LogP contribution in [0.4, 0.5) is 0 Å². The van der Waals surface area contributed by atoms with Gasteiger partial charge in [-0.15, -0.1) is 11.3 Å². The van der Waals surface area contributed by atoms with Crippen molar-refractivity contribution in [2.45, 2.75) is 46.2 Å². The second kappa shape index (κ2) is 9.13. The summed E-state index contributed by atoms with van der Waals surface area (Å²) in [6.45, 7) is 11.5. The highest BCUT2D eigenvalue weighted by atomic mass is 32.1. The number of carbonyl (C=O) groups excluding carboxylic acids is 2. The van der Waals surface area contributed by atoms with E-state index in [-0.39, 0.29) is 29.8 Å². The summed E-state index contributed by atoms with van der Waals surface area (Å²) >= 11 is 1.83. The second-order valence-electron chi connectivity index (χ2n) is 9.03. The summed E-state index contributed by atoms with van der Waals surface area (Å²) in [5.74, 6) is 0.360. The van der Waals surface area contributed by atoms with Crippen LogP contribution in [0.2, 0.25) is 0 Å². The summed E-state index contributed by atoms with van der Waals surface area (Å²) in [5, 5.41) is 2.18. The highest BCUT2D eigenvalue weighted by Crippen LogP contribution is 2.40. The standard InChI is InChI=1S/C25H33N3O2S/c1-17(2)24(29)26-12-14-27(15-13-26)25(30)19(4)28-11-9-22-21(10-16-31-22)23(28)20-8-6-5-7-18(20)3/h5-8,10,16-17,19,23H,9,11-15H2,1-4H3/t19-,23+/m0/s1. The normalized spacial score (nSPS) is 20.6. The van der Waals surface area contributed by atoms with Crippen LogP contribution in [0.5, 0.6) is 0 Å². The zero-order chi connectivity index (χ0) is 22.1. The van der Waals surface area contributed by atoms with Gasteiger partial charge in [-0.1, -0.05) is 38.1 Å². The Balaban J connectivity index is 1.53. The fourth-order valence-corrected chi connectivity index (χ4v) is 5.82. The predicted octanol–water partition coefficient (Wildman–Crippen LogP) is 3.72. The third-order valence-electron chi connectivity index (χ3n) is 6.74. The Morgan fingerprint density at radius 3 is 2.19 bits per heavy atom. The van der Waals surface area contributed by atoms with Crippen molar-refractivity contribution in [2.24, 2.45) is 5.92 Å². The van der Waals surface area contributed by atoms with Crippen LogP contribution in [-0.4, -0.2) is 65.3 Å². The summed E-state index contributed by atoms with van der Waals surface area (Å²) in [4.78, 5) is 33.5. The van der Waals surface area contributed by atoms with Crippen molar-refractivity contribution in [3.8, 4) is 0 Å². The highest BCUT2D eigenvalue weighted by Gasteiger charge is 2.38. The molecule has 0 N–H and O–H groups in total. The lowest BCUT2D eigenvalue weighted by molar-refractivity contribution is -0.144. The van der Waals surface area contributed by atoms with Gasteiger partial charge in [-0.2, -0.15) is 0 Å². The van der Waals surface area contributed by atoms with Crippen LogP contribution < -0.4 is 0 Å². The number of amides is 2. The number of rotatable bonds is 4. The molecule has 0 spiro atoms. The molecule has 1 fully saturated rings. The summed E-state index contributed by atoms with van der Waals surface area (Å²) in [7, 11) is 0. The number of aryl methyl sites for hydroxylation is 1. The van der Waals surface area contributed by atoms with Gasteiger partial charge in [0.05, 0.1) is 12.1 Å². The Morgan fingerprint density at radius 2 is 1.55 bits per heavy atom. The number of fused-ring (bicyclic) bond motifs is 1. The maximum Gasteiger partial charge on any atom is 0.239 e. The zero-order valence-electron chi connectivity index (χ0n) is 19.0. The molecule has 0 aliphatic carbocycles. The van der Waals surface area contributed by atoms with Crippen molar-refractivity contribution >= 4 is 23.2 Å². The maximum absolute atomic E-state index is 13.5. The van der Waals surface area contributed by atoms with Crippen LogP contribution in [0.1, 0.15) is 48.4 Å². The predicted molar refractivity (Wildman–Crippen MR) is 125 cm³/mol. The third-order valence-corrected chi connectivity index (χ3v) is 7.73. The smallest absolute Gasteiger partial charge is 0.239 e. The van der Waals surface area contributed by atoms with Crippen molar-refractivity contribution in [1.82, 2.24) is 14.7 Å². The lowest BCUT2D eigenvalue weighted by Crippen LogP contribution is -2.56. The van der Waals surface area contributed by atoms with E-state index in [0.717, 1.165) is 13.0 Å². The molecule has 2 aliphatic rings. The molecule has 0 unspecified atom stereocenters. The molecule has 6 heteroatoms. The van der Waals surface area contributed by atoms with Gasteiger partial charge in [0.2, 0.25) is 11.8 Å². The minimum Gasteiger partial charge on any atom is -0.339 e. The van der Waals surface area contributed by atoms with Gasteiger partial charge in [-0.25, -0.2) is 0 Å². The van der Waals surface area contributed by atoms with E-state index >= 15 is 0 Å². The van der Waals surface area contributed by atoms with E-state index in [2.05, 4.69) is 54.5 Å². The first-order valence-corrected chi connectivity index (χ1v) is 12.2. The molecular formula is C25H33N3O2S. The van der Waals surface area contributed by atoms with E-state index < -0.39 is 0 Å². The molecule has 0 saturated carbocycles. The van der Waals surface area contributed by atoms with Gasteiger partial charge < -0.3 is 9.80 Å². The zero-order valence-corrected chi connectivity index (χ0v) is 19.8. The van der Waals surface area contributed by atoms with Crippen LogP contribution in [-0.2, 0) is 16.0 Å². The van der Waals surface area contributed by atoms with Gasteiger partial charge in [0.15, 0.2) is 0 Å². The molecule has 2 aliphatic heterocycles. The first-order chi connectivity index (χ1) is 14.9. The van der Waals surface area contributed by atoms with Gasteiger partial charge in [-0.3, -0.25) is 14.5 Å². The number of hydrogen-bond donors (Lipinski definition) is 0. The highest BCUT2D eigenvalue weighted by molar-refractivity contribution is 7.10. The lowest BCUT2D eigenvalue weighted by atomic mass is 9.89. The van der Waals surface area contributed by atoms with Crippen LogP contribution in [0.25, 0.3) is 0 Å². The first-order valence-electron chi connectivity index (χ1n) is 11.3. The van der Waals surface area contributed by atoms with Gasteiger partial charge >= 0.3 is 0 Å². The summed E-state index contributed by atoms with van der Waals surface area (Å²) in [6, 6.07) is 10.7. The number of piperazine rings is 1. The third kappa shape index (κ3) is 4.28. The van der Waals surface area contributed by atoms with Crippen LogP contribution in [0.15, 0.2) is 35.7 Å². The Labute approximate surface area is 189 Å². The minimum atomic E-state index is -0.204. The number of benzene rings is 1. The van der Waals surface area contributed by atoms with Crippen LogP contribution in [0.3, 0.4) is 0 Å². The van der Waals surface area contributed by atoms with E-state index in [1.807, 2.05) is 35.0 Å². The van der Waals surface area contributed by atoms with Gasteiger partial charge in [-0.05, 0) is 48.4 Å². The molecule has 2 aromatic rings. The monoisotopic (exact) mass is 439 g/mol. The summed E-state index contributed by atoms with van der Waals surface area (Å²) in [5.41, 5.74) is 3.89. The largest absolute Gasteiger partial charge is 0.339 e. The van der Waals surface area contributed by atoms with E-state index in [1.165, 1.54) is 21.6 Å². The Morgan fingerprint density at radius 1 is 0.903 bits per heavy atom. The average Bonchev–Trinajstić information content (AvgIpc) is 3.26. The van der Waals surface area contributed by atoms with E-state index in [9.17, 15) is 9.59 Å². The average molecular weight is 440 g/mol.